The monoisotopic (exact) mass is 183 g/mol. The van der Waals surface area contributed by atoms with Crippen LogP contribution in [0.3, 0.4) is 0 Å². The van der Waals surface area contributed by atoms with Crippen molar-refractivity contribution < 1.29 is 0 Å². The minimum Gasteiger partial charge on any atom is -0.318 e. The lowest BCUT2D eigenvalue weighted by Crippen LogP contribution is -2.15. The van der Waals surface area contributed by atoms with Gasteiger partial charge in [0.1, 0.15) is 0 Å². The van der Waals surface area contributed by atoms with Crippen LogP contribution < -0.4 is 5.56 Å². The Kier molecular flexibility index (Phi) is 1.86. The smallest absolute Gasteiger partial charge is 0.258 e. The van der Waals surface area contributed by atoms with Crippen LogP contribution in [0, 0.1) is 12.3 Å². The standard InChI is InChI=1S/C12H9NO/c1-3-9-5-4-6-11-10(9)7-8-13(2)12(11)14/h1,4-8H,2H3. The van der Waals surface area contributed by atoms with Crippen LogP contribution in [0.2, 0.25) is 0 Å². The Hall–Kier alpha value is -2.01. The first kappa shape index (κ1) is 8.58. The van der Waals surface area contributed by atoms with Crippen molar-refractivity contribution in [3.8, 4) is 12.3 Å². The van der Waals surface area contributed by atoms with Gasteiger partial charge in [0.15, 0.2) is 0 Å². The molecule has 2 aromatic rings. The summed E-state index contributed by atoms with van der Waals surface area (Å²) in [5.74, 6) is 2.57. The maximum absolute atomic E-state index is 11.7. The third kappa shape index (κ3) is 1.11. The topological polar surface area (TPSA) is 22.0 Å². The SMILES string of the molecule is C#Cc1cccc2c(=O)n(C)ccc12. The zero-order valence-electron chi connectivity index (χ0n) is 7.82. The largest absolute Gasteiger partial charge is 0.318 e. The second-order valence-electron chi connectivity index (χ2n) is 3.14. The lowest BCUT2D eigenvalue weighted by atomic mass is 10.1. The lowest BCUT2D eigenvalue weighted by molar-refractivity contribution is 0.873. The Morgan fingerprint density at radius 3 is 2.79 bits per heavy atom. The number of hydrogen-bond acceptors (Lipinski definition) is 1. The van der Waals surface area contributed by atoms with Gasteiger partial charge in [-0.15, -0.1) is 6.42 Å². The summed E-state index contributed by atoms with van der Waals surface area (Å²) in [5.41, 5.74) is 0.750. The molecule has 0 bridgehead atoms. The third-order valence-corrected chi connectivity index (χ3v) is 2.28. The molecule has 0 aliphatic heterocycles. The van der Waals surface area contributed by atoms with Crippen molar-refractivity contribution >= 4 is 10.8 Å². The van der Waals surface area contributed by atoms with Gasteiger partial charge >= 0.3 is 0 Å². The molecular weight excluding hydrogens is 174 g/mol. The van der Waals surface area contributed by atoms with Crippen molar-refractivity contribution in [2.24, 2.45) is 7.05 Å². The van der Waals surface area contributed by atoms with Crippen LogP contribution in [0.15, 0.2) is 35.3 Å². The van der Waals surface area contributed by atoms with Gasteiger partial charge in [-0.05, 0) is 18.2 Å². The fourth-order valence-electron chi connectivity index (χ4n) is 1.50. The molecule has 0 saturated heterocycles. The van der Waals surface area contributed by atoms with Crippen molar-refractivity contribution in [3.63, 3.8) is 0 Å². The summed E-state index contributed by atoms with van der Waals surface area (Å²) < 4.78 is 1.54. The molecule has 2 nitrogen and oxygen atoms in total. The molecule has 0 saturated carbocycles. The van der Waals surface area contributed by atoms with Gasteiger partial charge in [-0.1, -0.05) is 12.0 Å². The average Bonchev–Trinajstić information content (AvgIpc) is 2.23. The molecule has 0 radical (unpaired) electrons. The lowest BCUT2D eigenvalue weighted by Gasteiger charge is -2.02. The van der Waals surface area contributed by atoms with Crippen LogP contribution in [0.5, 0.6) is 0 Å². The molecule has 0 N–H and O–H groups in total. The number of hydrogen-bond donors (Lipinski definition) is 0. The number of fused-ring (bicyclic) bond motifs is 1. The van der Waals surface area contributed by atoms with Gasteiger partial charge in [0.2, 0.25) is 0 Å². The summed E-state index contributed by atoms with van der Waals surface area (Å²) in [4.78, 5) is 11.7. The maximum Gasteiger partial charge on any atom is 0.258 e. The van der Waals surface area contributed by atoms with Crippen molar-refractivity contribution in [3.05, 3.63) is 46.4 Å². The van der Waals surface area contributed by atoms with E-state index in [-0.39, 0.29) is 5.56 Å². The summed E-state index contributed by atoms with van der Waals surface area (Å²) in [6.45, 7) is 0. The quantitative estimate of drug-likeness (QED) is 0.567. The highest BCUT2D eigenvalue weighted by Gasteiger charge is 2.02. The van der Waals surface area contributed by atoms with Gasteiger partial charge in [0.25, 0.3) is 5.56 Å². The van der Waals surface area contributed by atoms with Crippen LogP contribution in [-0.4, -0.2) is 4.57 Å². The minimum absolute atomic E-state index is 0.0143. The fourth-order valence-corrected chi connectivity index (χ4v) is 1.50. The molecule has 2 rings (SSSR count). The summed E-state index contributed by atoms with van der Waals surface area (Å²) in [5, 5.41) is 1.52. The molecule has 68 valence electrons. The Morgan fingerprint density at radius 1 is 1.29 bits per heavy atom. The molecule has 1 heterocycles. The highest BCUT2D eigenvalue weighted by molar-refractivity contribution is 5.87. The van der Waals surface area contributed by atoms with Crippen molar-refractivity contribution in [2.45, 2.75) is 0 Å². The maximum atomic E-state index is 11.7. The van der Waals surface area contributed by atoms with Gasteiger partial charge in [-0.25, -0.2) is 0 Å². The number of nitrogens with zero attached hydrogens (tertiary/aromatic N) is 1. The van der Waals surface area contributed by atoms with Crippen LogP contribution in [0.1, 0.15) is 5.56 Å². The predicted molar refractivity (Wildman–Crippen MR) is 57.1 cm³/mol. The first-order valence-electron chi connectivity index (χ1n) is 4.29. The van der Waals surface area contributed by atoms with Gasteiger partial charge in [0.05, 0.1) is 0 Å². The van der Waals surface area contributed by atoms with E-state index in [4.69, 9.17) is 6.42 Å². The number of aryl methyl sites for hydroxylation is 1. The number of terminal acetylenes is 1. The zero-order chi connectivity index (χ0) is 10.1. The van der Waals surface area contributed by atoms with E-state index in [1.807, 2.05) is 12.1 Å². The number of rotatable bonds is 0. The van der Waals surface area contributed by atoms with E-state index in [0.29, 0.717) is 5.39 Å². The van der Waals surface area contributed by atoms with E-state index in [1.165, 1.54) is 0 Å². The Bertz CT molecular complexity index is 587. The first-order valence-corrected chi connectivity index (χ1v) is 4.29. The molecule has 1 aromatic carbocycles. The van der Waals surface area contributed by atoms with Gasteiger partial charge in [-0.2, -0.15) is 0 Å². The molecule has 0 spiro atoms. The second kappa shape index (κ2) is 3.04. The number of pyridine rings is 1. The average molecular weight is 183 g/mol. The zero-order valence-corrected chi connectivity index (χ0v) is 7.82. The number of benzene rings is 1. The Labute approximate surface area is 81.8 Å². The van der Waals surface area contributed by atoms with Crippen LogP contribution in [0.25, 0.3) is 10.8 Å². The summed E-state index contributed by atoms with van der Waals surface area (Å²) in [7, 11) is 1.73. The van der Waals surface area contributed by atoms with Gasteiger partial charge in [0, 0.05) is 29.6 Å². The molecule has 0 amide bonds. The highest BCUT2D eigenvalue weighted by Crippen LogP contribution is 2.13. The fraction of sp³-hybridized carbons (Fsp3) is 0.0833. The molecule has 14 heavy (non-hydrogen) atoms. The van der Waals surface area contributed by atoms with Crippen LogP contribution in [-0.2, 0) is 7.05 Å². The highest BCUT2D eigenvalue weighted by atomic mass is 16.1. The summed E-state index contributed by atoms with van der Waals surface area (Å²) in [6, 6.07) is 7.30. The molecule has 0 atom stereocenters. The second-order valence-corrected chi connectivity index (χ2v) is 3.14. The van der Waals surface area contributed by atoms with Crippen LogP contribution >= 0.6 is 0 Å². The summed E-state index contributed by atoms with van der Waals surface area (Å²) >= 11 is 0. The molecule has 2 heteroatoms. The molecule has 0 aliphatic rings. The van der Waals surface area contributed by atoms with E-state index in [2.05, 4.69) is 5.92 Å². The minimum atomic E-state index is -0.0143. The molecule has 1 aromatic heterocycles. The first-order chi connectivity index (χ1) is 6.74. The number of aromatic nitrogens is 1. The van der Waals surface area contributed by atoms with Crippen molar-refractivity contribution in [1.82, 2.24) is 4.57 Å². The van der Waals surface area contributed by atoms with Gasteiger partial charge < -0.3 is 4.57 Å². The predicted octanol–water partition coefficient (Wildman–Crippen LogP) is 1.52. The Morgan fingerprint density at radius 2 is 2.07 bits per heavy atom. The van der Waals surface area contributed by atoms with Crippen LogP contribution in [0.4, 0.5) is 0 Å². The summed E-state index contributed by atoms with van der Waals surface area (Å²) in [6.07, 6.45) is 7.07. The van der Waals surface area contributed by atoms with Crippen molar-refractivity contribution in [1.29, 1.82) is 0 Å². The van der Waals surface area contributed by atoms with E-state index in [9.17, 15) is 4.79 Å². The Balaban J connectivity index is 3.02. The van der Waals surface area contributed by atoms with E-state index < -0.39 is 0 Å². The van der Waals surface area contributed by atoms with E-state index in [0.717, 1.165) is 10.9 Å². The van der Waals surface area contributed by atoms with Gasteiger partial charge in [-0.3, -0.25) is 4.79 Å². The molecular formula is C12H9NO. The van der Waals surface area contributed by atoms with Crippen molar-refractivity contribution in [2.75, 3.05) is 0 Å². The molecule has 0 aliphatic carbocycles. The molecule has 0 unspecified atom stereocenters. The third-order valence-electron chi connectivity index (χ3n) is 2.28. The normalized spacial score (nSPS) is 10.0. The van der Waals surface area contributed by atoms with E-state index in [1.54, 1.807) is 29.9 Å². The van der Waals surface area contributed by atoms with E-state index >= 15 is 0 Å². The molecule has 0 fully saturated rings.